The molecule has 0 aliphatic heterocycles. The molecule has 2 rings (SSSR count). The van der Waals surface area contributed by atoms with Crippen molar-refractivity contribution in [3.05, 3.63) is 64.2 Å². The fourth-order valence-electron chi connectivity index (χ4n) is 2.59. The predicted molar refractivity (Wildman–Crippen MR) is 104 cm³/mol. The third-order valence-electron chi connectivity index (χ3n) is 3.96. The highest BCUT2D eigenvalue weighted by molar-refractivity contribution is 5.94. The van der Waals surface area contributed by atoms with Crippen molar-refractivity contribution < 1.29 is 9.72 Å². The largest absolute Gasteiger partial charge is 0.378 e. The van der Waals surface area contributed by atoms with Crippen molar-refractivity contribution in [1.29, 1.82) is 0 Å². The number of amides is 1. The Morgan fingerprint density at radius 2 is 1.81 bits per heavy atom. The van der Waals surface area contributed by atoms with E-state index >= 15 is 0 Å². The normalized spacial score (nSPS) is 10.2. The molecule has 0 radical (unpaired) electrons. The lowest BCUT2D eigenvalue weighted by molar-refractivity contribution is -0.384. The quantitative estimate of drug-likeness (QED) is 0.409. The number of carbonyl (C=O) groups excluding carboxylic acids is 1. The fourth-order valence-corrected chi connectivity index (χ4v) is 2.59. The molecule has 0 aromatic heterocycles. The minimum absolute atomic E-state index is 0.0191. The summed E-state index contributed by atoms with van der Waals surface area (Å²) in [7, 11) is 2.02. The van der Waals surface area contributed by atoms with Gasteiger partial charge in [0.25, 0.3) is 11.6 Å². The van der Waals surface area contributed by atoms with Crippen LogP contribution in [0.15, 0.2) is 48.5 Å². The molecule has 26 heavy (non-hydrogen) atoms. The molecule has 2 N–H and O–H groups in total. The lowest BCUT2D eigenvalue weighted by Crippen LogP contribution is -2.29. The van der Waals surface area contributed by atoms with E-state index in [1.54, 1.807) is 30.3 Å². The third kappa shape index (κ3) is 5.20. The average Bonchev–Trinajstić information content (AvgIpc) is 2.65. The Kier molecular flexibility index (Phi) is 6.96. The maximum atomic E-state index is 12.2. The van der Waals surface area contributed by atoms with Crippen molar-refractivity contribution in [2.75, 3.05) is 36.9 Å². The highest BCUT2D eigenvalue weighted by Crippen LogP contribution is 2.22. The minimum atomic E-state index is -0.433. The molecular formula is C19H24N4O3. The van der Waals surface area contributed by atoms with Crippen LogP contribution in [0.5, 0.6) is 0 Å². The summed E-state index contributed by atoms with van der Waals surface area (Å²) in [6.45, 7) is 3.84. The molecule has 0 fully saturated rings. The van der Waals surface area contributed by atoms with Gasteiger partial charge in [0.05, 0.1) is 4.92 Å². The Morgan fingerprint density at radius 1 is 1.12 bits per heavy atom. The number of para-hydroxylation sites is 2. The summed E-state index contributed by atoms with van der Waals surface area (Å²) in [6, 6.07) is 13.9. The second kappa shape index (κ2) is 9.41. The SMILES string of the molecule is CCCN(C)c1ccc(C(=O)NCCNc2ccccc2[N+](=O)[O-])cc1. The van der Waals surface area contributed by atoms with Crippen LogP contribution >= 0.6 is 0 Å². The molecule has 0 aliphatic rings. The Morgan fingerprint density at radius 3 is 2.46 bits per heavy atom. The standard InChI is InChI=1S/C19H24N4O3/c1-3-14-22(2)16-10-8-15(9-11-16)19(24)21-13-12-20-17-6-4-5-7-18(17)23(25)26/h4-11,20H,3,12-14H2,1-2H3,(H,21,24). The summed E-state index contributed by atoms with van der Waals surface area (Å²) in [5.74, 6) is -0.168. The van der Waals surface area contributed by atoms with Crippen molar-refractivity contribution in [3.63, 3.8) is 0 Å². The number of hydrogen-bond donors (Lipinski definition) is 2. The van der Waals surface area contributed by atoms with Crippen LogP contribution in [0.3, 0.4) is 0 Å². The molecule has 2 aromatic carbocycles. The summed E-state index contributed by atoms with van der Waals surface area (Å²) in [4.78, 5) is 24.8. The number of nitro benzene ring substituents is 1. The van der Waals surface area contributed by atoms with Gasteiger partial charge in [-0.2, -0.15) is 0 Å². The first-order valence-electron chi connectivity index (χ1n) is 8.59. The van der Waals surface area contributed by atoms with Crippen LogP contribution in [0.4, 0.5) is 17.1 Å². The van der Waals surface area contributed by atoms with E-state index in [9.17, 15) is 14.9 Å². The highest BCUT2D eigenvalue weighted by atomic mass is 16.6. The zero-order chi connectivity index (χ0) is 18.9. The number of hydrogen-bond acceptors (Lipinski definition) is 5. The molecule has 138 valence electrons. The lowest BCUT2D eigenvalue weighted by Gasteiger charge is -2.18. The number of rotatable bonds is 9. The second-order valence-electron chi connectivity index (χ2n) is 5.93. The van der Waals surface area contributed by atoms with Gasteiger partial charge in [-0.25, -0.2) is 0 Å². The van der Waals surface area contributed by atoms with Crippen molar-refractivity contribution in [1.82, 2.24) is 5.32 Å². The first-order chi connectivity index (χ1) is 12.5. The third-order valence-corrected chi connectivity index (χ3v) is 3.96. The second-order valence-corrected chi connectivity index (χ2v) is 5.93. The van der Waals surface area contributed by atoms with Crippen molar-refractivity contribution in [2.24, 2.45) is 0 Å². The van der Waals surface area contributed by atoms with Gasteiger partial charge in [0.1, 0.15) is 5.69 Å². The topological polar surface area (TPSA) is 87.5 Å². The van der Waals surface area contributed by atoms with Gasteiger partial charge in [-0.05, 0) is 36.8 Å². The molecule has 0 saturated heterocycles. The Balaban J connectivity index is 1.83. The van der Waals surface area contributed by atoms with E-state index in [0.717, 1.165) is 18.7 Å². The first kappa shape index (κ1) is 19.2. The van der Waals surface area contributed by atoms with Crippen LogP contribution in [0, 0.1) is 10.1 Å². The van der Waals surface area contributed by atoms with Gasteiger partial charge < -0.3 is 15.5 Å². The summed E-state index contributed by atoms with van der Waals surface area (Å²) in [5.41, 5.74) is 2.12. The van der Waals surface area contributed by atoms with Gasteiger partial charge in [0.15, 0.2) is 0 Å². The molecule has 0 bridgehead atoms. The molecule has 2 aromatic rings. The Hall–Kier alpha value is -3.09. The monoisotopic (exact) mass is 356 g/mol. The zero-order valence-electron chi connectivity index (χ0n) is 15.1. The van der Waals surface area contributed by atoms with E-state index in [4.69, 9.17) is 0 Å². The van der Waals surface area contributed by atoms with Crippen molar-refractivity contribution in [2.45, 2.75) is 13.3 Å². The number of nitrogens with zero attached hydrogens (tertiary/aromatic N) is 2. The van der Waals surface area contributed by atoms with Crippen LogP contribution in [-0.2, 0) is 0 Å². The van der Waals surface area contributed by atoms with Crippen LogP contribution in [0.25, 0.3) is 0 Å². The lowest BCUT2D eigenvalue weighted by atomic mass is 10.2. The van der Waals surface area contributed by atoms with Crippen molar-refractivity contribution >= 4 is 23.0 Å². The molecule has 0 unspecified atom stereocenters. The smallest absolute Gasteiger partial charge is 0.292 e. The van der Waals surface area contributed by atoms with Gasteiger partial charge in [0.2, 0.25) is 0 Å². The van der Waals surface area contributed by atoms with Gasteiger partial charge in [-0.1, -0.05) is 19.1 Å². The summed E-state index contributed by atoms with van der Waals surface area (Å²) < 4.78 is 0. The maximum Gasteiger partial charge on any atom is 0.292 e. The fraction of sp³-hybridized carbons (Fsp3) is 0.316. The maximum absolute atomic E-state index is 12.2. The Bertz CT molecular complexity index is 747. The number of carbonyl (C=O) groups is 1. The number of benzene rings is 2. The minimum Gasteiger partial charge on any atom is -0.378 e. The van der Waals surface area contributed by atoms with Gasteiger partial charge >= 0.3 is 0 Å². The van der Waals surface area contributed by atoms with E-state index in [1.807, 2.05) is 19.2 Å². The first-order valence-corrected chi connectivity index (χ1v) is 8.59. The molecule has 0 atom stereocenters. The van der Waals surface area contributed by atoms with E-state index in [1.165, 1.54) is 6.07 Å². The molecule has 1 amide bonds. The number of nitro groups is 1. The molecule has 7 heteroatoms. The zero-order valence-corrected chi connectivity index (χ0v) is 15.1. The van der Waals surface area contributed by atoms with Gasteiger partial charge in [-0.3, -0.25) is 14.9 Å². The van der Waals surface area contributed by atoms with Gasteiger partial charge in [0, 0.05) is 44.0 Å². The van der Waals surface area contributed by atoms with Crippen LogP contribution in [0.1, 0.15) is 23.7 Å². The van der Waals surface area contributed by atoms with Crippen molar-refractivity contribution in [3.8, 4) is 0 Å². The number of anilines is 2. The van der Waals surface area contributed by atoms with E-state index in [2.05, 4.69) is 22.5 Å². The molecular weight excluding hydrogens is 332 g/mol. The van der Waals surface area contributed by atoms with E-state index in [0.29, 0.717) is 24.3 Å². The predicted octanol–water partition coefficient (Wildman–Crippen LogP) is 3.28. The summed E-state index contributed by atoms with van der Waals surface area (Å²) in [6.07, 6.45) is 1.06. The summed E-state index contributed by atoms with van der Waals surface area (Å²) in [5, 5.41) is 16.7. The molecule has 0 heterocycles. The highest BCUT2D eigenvalue weighted by Gasteiger charge is 2.11. The van der Waals surface area contributed by atoms with Crippen LogP contribution < -0.4 is 15.5 Å². The Labute approximate surface area is 153 Å². The van der Waals surface area contributed by atoms with Crippen LogP contribution in [-0.4, -0.2) is 37.5 Å². The molecule has 0 aliphatic carbocycles. The molecule has 7 nitrogen and oxygen atoms in total. The van der Waals surface area contributed by atoms with E-state index < -0.39 is 4.92 Å². The number of nitrogens with one attached hydrogen (secondary N) is 2. The molecule has 0 saturated carbocycles. The van der Waals surface area contributed by atoms with E-state index in [-0.39, 0.29) is 11.6 Å². The summed E-state index contributed by atoms with van der Waals surface area (Å²) >= 11 is 0. The van der Waals surface area contributed by atoms with Crippen LogP contribution in [0.2, 0.25) is 0 Å². The average molecular weight is 356 g/mol. The van der Waals surface area contributed by atoms with Gasteiger partial charge in [-0.15, -0.1) is 0 Å². The molecule has 0 spiro atoms.